The first-order valence-electron chi connectivity index (χ1n) is 31.5. The average molecular weight is 998 g/mol. The van der Waals surface area contributed by atoms with Crippen LogP contribution in [-0.4, -0.2) is 37.2 Å². The molecular weight excluding hydrogens is 877 g/mol. The number of carbonyl (C=O) groups excluding carboxylic acids is 3. The number of esters is 3. The van der Waals surface area contributed by atoms with Gasteiger partial charge in [0.25, 0.3) is 0 Å². The van der Waals surface area contributed by atoms with Crippen LogP contribution >= 0.6 is 0 Å². The van der Waals surface area contributed by atoms with Gasteiger partial charge in [0.05, 0.1) is 0 Å². The first kappa shape index (κ1) is 68.6. The van der Waals surface area contributed by atoms with Crippen LogP contribution in [0.3, 0.4) is 0 Å². The van der Waals surface area contributed by atoms with Gasteiger partial charge in [-0.2, -0.15) is 0 Å². The Morgan fingerprint density at radius 1 is 0.282 bits per heavy atom. The maximum Gasteiger partial charge on any atom is 0.306 e. The summed E-state index contributed by atoms with van der Waals surface area (Å²) in [7, 11) is 0. The highest BCUT2D eigenvalue weighted by Gasteiger charge is 2.19. The molecule has 0 aliphatic rings. The van der Waals surface area contributed by atoms with Gasteiger partial charge in [-0.3, -0.25) is 14.4 Å². The van der Waals surface area contributed by atoms with Gasteiger partial charge in [0, 0.05) is 19.3 Å². The Labute approximate surface area is 442 Å². The average Bonchev–Trinajstić information content (AvgIpc) is 3.37. The van der Waals surface area contributed by atoms with E-state index < -0.39 is 6.10 Å². The number of ether oxygens (including phenoxy) is 3. The van der Waals surface area contributed by atoms with E-state index in [2.05, 4.69) is 57.2 Å². The molecule has 416 valence electrons. The normalized spacial score (nSPS) is 12.2. The lowest BCUT2D eigenvalue weighted by Crippen LogP contribution is -2.30. The fraction of sp³-hybridized carbons (Fsp3) is 0.862. The number of allylic oxidation sites excluding steroid dienone is 6. The second-order valence-corrected chi connectivity index (χ2v) is 21.3. The summed E-state index contributed by atoms with van der Waals surface area (Å²) in [5, 5.41) is 0. The third kappa shape index (κ3) is 58.4. The quantitative estimate of drug-likeness (QED) is 0.0261. The fourth-order valence-electron chi connectivity index (χ4n) is 9.39. The van der Waals surface area contributed by atoms with Crippen LogP contribution < -0.4 is 0 Å². The van der Waals surface area contributed by atoms with E-state index in [0.29, 0.717) is 19.3 Å². The molecule has 0 rings (SSSR count). The van der Waals surface area contributed by atoms with Gasteiger partial charge in [-0.05, 0) is 57.8 Å². The molecule has 6 heteroatoms. The lowest BCUT2D eigenvalue weighted by molar-refractivity contribution is -0.167. The smallest absolute Gasteiger partial charge is 0.306 e. The summed E-state index contributed by atoms with van der Waals surface area (Å²) in [6.07, 6.45) is 73.0. The SMILES string of the molecule is CCCCCCC/C=C\C/C=C\C/C=C\CCCCCCCCCCCCCCCCC(=O)OCC(COC(=O)CCCCCCCCCCCC)OC(=O)CCCCCCCCCCCCCCCC. The van der Waals surface area contributed by atoms with Crippen molar-refractivity contribution in [3.63, 3.8) is 0 Å². The third-order valence-corrected chi connectivity index (χ3v) is 14.1. The van der Waals surface area contributed by atoms with Gasteiger partial charge in [-0.1, -0.05) is 301 Å². The van der Waals surface area contributed by atoms with E-state index in [4.69, 9.17) is 14.2 Å². The van der Waals surface area contributed by atoms with E-state index in [1.807, 2.05) is 0 Å². The van der Waals surface area contributed by atoms with Gasteiger partial charge < -0.3 is 14.2 Å². The first-order valence-corrected chi connectivity index (χ1v) is 31.5. The molecule has 0 aliphatic carbocycles. The summed E-state index contributed by atoms with van der Waals surface area (Å²) >= 11 is 0. The zero-order valence-electron chi connectivity index (χ0n) is 47.8. The molecule has 0 aromatic rings. The second kappa shape index (κ2) is 60.2. The molecule has 0 amide bonds. The van der Waals surface area contributed by atoms with E-state index in [1.54, 1.807) is 0 Å². The lowest BCUT2D eigenvalue weighted by Gasteiger charge is -2.18. The summed E-state index contributed by atoms with van der Waals surface area (Å²) < 4.78 is 16.9. The standard InChI is InChI=1S/C65H120O6/c1-4-7-10-13-16-19-22-24-26-27-28-29-30-31-32-33-34-35-36-37-38-39-40-42-43-46-49-52-55-58-64(67)70-61-62(60-69-63(66)57-54-51-48-45-21-18-15-12-9-6-3)71-65(68)59-56-53-50-47-44-41-25-23-20-17-14-11-8-5-2/h22,24,27-28,30-31,62H,4-21,23,25-26,29,32-61H2,1-3H3/b24-22-,28-27-,31-30-. The van der Waals surface area contributed by atoms with Crippen LogP contribution in [0.15, 0.2) is 36.5 Å². The lowest BCUT2D eigenvalue weighted by atomic mass is 10.0. The number of rotatable bonds is 58. The minimum Gasteiger partial charge on any atom is -0.462 e. The Hall–Kier alpha value is -2.37. The monoisotopic (exact) mass is 997 g/mol. The van der Waals surface area contributed by atoms with Gasteiger partial charge in [-0.25, -0.2) is 0 Å². The maximum atomic E-state index is 12.8. The Morgan fingerprint density at radius 2 is 0.507 bits per heavy atom. The number of hydrogen-bond donors (Lipinski definition) is 0. The minimum atomic E-state index is -0.766. The summed E-state index contributed by atoms with van der Waals surface area (Å²) in [5.74, 6) is -0.847. The molecule has 0 radical (unpaired) electrons. The molecule has 0 heterocycles. The van der Waals surface area contributed by atoms with Crippen LogP contribution in [0.2, 0.25) is 0 Å². The predicted molar refractivity (Wildman–Crippen MR) is 307 cm³/mol. The topological polar surface area (TPSA) is 78.9 Å². The van der Waals surface area contributed by atoms with Crippen molar-refractivity contribution in [1.29, 1.82) is 0 Å². The molecule has 0 saturated heterocycles. The first-order chi connectivity index (χ1) is 35.0. The second-order valence-electron chi connectivity index (χ2n) is 21.3. The molecule has 0 spiro atoms. The summed E-state index contributed by atoms with van der Waals surface area (Å²) in [6, 6.07) is 0. The van der Waals surface area contributed by atoms with Crippen molar-refractivity contribution >= 4 is 17.9 Å². The van der Waals surface area contributed by atoms with Crippen molar-refractivity contribution in [3.8, 4) is 0 Å². The Bertz CT molecular complexity index is 1190. The Morgan fingerprint density at radius 3 is 0.789 bits per heavy atom. The Balaban J connectivity index is 4.11. The van der Waals surface area contributed by atoms with Crippen molar-refractivity contribution in [2.24, 2.45) is 0 Å². The highest BCUT2D eigenvalue weighted by molar-refractivity contribution is 5.71. The molecule has 0 bridgehead atoms. The van der Waals surface area contributed by atoms with Crippen molar-refractivity contribution in [1.82, 2.24) is 0 Å². The van der Waals surface area contributed by atoms with E-state index in [1.165, 1.54) is 231 Å². The van der Waals surface area contributed by atoms with Gasteiger partial charge >= 0.3 is 17.9 Å². The molecular formula is C65H120O6. The number of carbonyl (C=O) groups is 3. The van der Waals surface area contributed by atoms with Gasteiger partial charge in [0.1, 0.15) is 13.2 Å². The highest BCUT2D eigenvalue weighted by Crippen LogP contribution is 2.17. The number of unbranched alkanes of at least 4 members (excludes halogenated alkanes) is 41. The largest absolute Gasteiger partial charge is 0.462 e. The van der Waals surface area contributed by atoms with E-state index in [-0.39, 0.29) is 31.1 Å². The molecule has 71 heavy (non-hydrogen) atoms. The van der Waals surface area contributed by atoms with Crippen LogP contribution in [0.1, 0.15) is 342 Å². The summed E-state index contributed by atoms with van der Waals surface area (Å²) in [4.78, 5) is 38.1. The van der Waals surface area contributed by atoms with E-state index in [9.17, 15) is 14.4 Å². The molecule has 0 fully saturated rings. The molecule has 1 atom stereocenters. The summed E-state index contributed by atoms with van der Waals surface area (Å²) in [5.41, 5.74) is 0. The van der Waals surface area contributed by atoms with Crippen molar-refractivity contribution in [3.05, 3.63) is 36.5 Å². The zero-order chi connectivity index (χ0) is 51.4. The molecule has 0 aromatic heterocycles. The van der Waals surface area contributed by atoms with Crippen molar-refractivity contribution < 1.29 is 28.6 Å². The van der Waals surface area contributed by atoms with Crippen LogP contribution in [0.4, 0.5) is 0 Å². The third-order valence-electron chi connectivity index (χ3n) is 14.1. The highest BCUT2D eigenvalue weighted by atomic mass is 16.6. The van der Waals surface area contributed by atoms with E-state index in [0.717, 1.165) is 70.6 Å². The molecule has 6 nitrogen and oxygen atoms in total. The fourth-order valence-corrected chi connectivity index (χ4v) is 9.39. The number of hydrogen-bond acceptors (Lipinski definition) is 6. The van der Waals surface area contributed by atoms with Crippen LogP contribution in [0, 0.1) is 0 Å². The molecule has 0 aliphatic heterocycles. The van der Waals surface area contributed by atoms with Crippen LogP contribution in [0.5, 0.6) is 0 Å². The predicted octanol–water partition coefficient (Wildman–Crippen LogP) is 21.2. The Kier molecular flexibility index (Phi) is 58.2. The minimum absolute atomic E-state index is 0.0663. The molecule has 0 saturated carbocycles. The molecule has 0 N–H and O–H groups in total. The van der Waals surface area contributed by atoms with Gasteiger partial charge in [0.2, 0.25) is 0 Å². The van der Waals surface area contributed by atoms with Gasteiger partial charge in [0.15, 0.2) is 6.10 Å². The maximum absolute atomic E-state index is 12.8. The van der Waals surface area contributed by atoms with Crippen molar-refractivity contribution in [2.45, 2.75) is 348 Å². The zero-order valence-corrected chi connectivity index (χ0v) is 47.8. The van der Waals surface area contributed by atoms with Crippen LogP contribution in [0.25, 0.3) is 0 Å². The molecule has 1 unspecified atom stereocenters. The van der Waals surface area contributed by atoms with E-state index >= 15 is 0 Å². The van der Waals surface area contributed by atoms with Crippen LogP contribution in [-0.2, 0) is 28.6 Å². The molecule has 0 aromatic carbocycles. The van der Waals surface area contributed by atoms with Crippen molar-refractivity contribution in [2.75, 3.05) is 13.2 Å². The van der Waals surface area contributed by atoms with Gasteiger partial charge in [-0.15, -0.1) is 0 Å². The summed E-state index contributed by atoms with van der Waals surface area (Å²) in [6.45, 7) is 6.66.